The molecule has 100 valence electrons. The summed E-state index contributed by atoms with van der Waals surface area (Å²) in [5, 5.41) is 4.10. The van der Waals surface area contributed by atoms with Gasteiger partial charge in [0.05, 0.1) is 17.4 Å². The molecular weight excluding hydrogens is 248 g/mol. The van der Waals surface area contributed by atoms with Gasteiger partial charge in [-0.15, -0.1) is 0 Å². The minimum absolute atomic E-state index is 0.572. The molecule has 0 unspecified atom stereocenters. The predicted octanol–water partition coefficient (Wildman–Crippen LogP) is 2.34. The lowest BCUT2D eigenvalue weighted by Crippen LogP contribution is -2.39. The maximum Gasteiger partial charge on any atom is 0.225 e. The van der Waals surface area contributed by atoms with E-state index in [1.165, 1.54) is 12.8 Å². The third-order valence-corrected chi connectivity index (χ3v) is 3.51. The topological polar surface area (TPSA) is 41.0 Å². The molecule has 1 saturated heterocycles. The second kappa shape index (κ2) is 6.34. The van der Waals surface area contributed by atoms with Crippen molar-refractivity contribution in [3.63, 3.8) is 0 Å². The van der Waals surface area contributed by atoms with Crippen LogP contribution in [0.3, 0.4) is 0 Å². The lowest BCUT2D eigenvalue weighted by molar-refractivity contribution is 0.368. The summed E-state index contributed by atoms with van der Waals surface area (Å²) in [5.74, 6) is 1.57. The summed E-state index contributed by atoms with van der Waals surface area (Å²) in [6, 6.07) is 0.572. The van der Waals surface area contributed by atoms with Gasteiger partial charge >= 0.3 is 0 Å². The molecule has 1 N–H and O–H groups in total. The molecule has 0 aliphatic carbocycles. The van der Waals surface area contributed by atoms with E-state index in [4.69, 9.17) is 11.6 Å². The summed E-state index contributed by atoms with van der Waals surface area (Å²) in [4.78, 5) is 10.8. The fraction of sp³-hybridized carbons (Fsp3) is 0.692. The molecular formula is C13H21ClN4. The van der Waals surface area contributed by atoms with Gasteiger partial charge in [-0.25, -0.2) is 9.97 Å². The van der Waals surface area contributed by atoms with Crippen LogP contribution in [-0.2, 0) is 0 Å². The van der Waals surface area contributed by atoms with Gasteiger partial charge in [0.1, 0.15) is 0 Å². The number of nitrogens with zero attached hydrogens (tertiary/aromatic N) is 3. The van der Waals surface area contributed by atoms with Crippen LogP contribution in [0.1, 0.15) is 26.7 Å². The van der Waals surface area contributed by atoms with E-state index in [0.29, 0.717) is 11.1 Å². The zero-order valence-corrected chi connectivity index (χ0v) is 11.8. The molecule has 1 aliphatic heterocycles. The third kappa shape index (κ3) is 3.82. The van der Waals surface area contributed by atoms with Crippen LogP contribution < -0.4 is 10.2 Å². The molecule has 0 aromatic carbocycles. The van der Waals surface area contributed by atoms with Gasteiger partial charge in [0, 0.05) is 19.1 Å². The standard InChI is InChI=1S/C13H21ClN4/c1-10(2)15-7-11-3-5-18(6-4-11)13-16-8-12(14)9-17-13/h8-11,15H,3-7H2,1-2H3. The van der Waals surface area contributed by atoms with E-state index in [0.717, 1.165) is 31.5 Å². The molecule has 1 fully saturated rings. The number of hydrogen-bond acceptors (Lipinski definition) is 4. The molecule has 2 heterocycles. The summed E-state index contributed by atoms with van der Waals surface area (Å²) in [6.07, 6.45) is 5.73. The Labute approximate surface area is 114 Å². The van der Waals surface area contributed by atoms with Crippen molar-refractivity contribution >= 4 is 17.5 Å². The summed E-state index contributed by atoms with van der Waals surface area (Å²) >= 11 is 5.79. The van der Waals surface area contributed by atoms with Crippen LogP contribution in [0.5, 0.6) is 0 Å². The smallest absolute Gasteiger partial charge is 0.225 e. The normalized spacial score (nSPS) is 17.4. The number of nitrogens with one attached hydrogen (secondary N) is 1. The first-order chi connectivity index (χ1) is 8.65. The maximum atomic E-state index is 5.79. The first kappa shape index (κ1) is 13.6. The molecule has 1 aromatic rings. The Kier molecular flexibility index (Phi) is 4.78. The minimum atomic E-state index is 0.572. The number of aromatic nitrogens is 2. The monoisotopic (exact) mass is 268 g/mol. The van der Waals surface area contributed by atoms with E-state index in [1.807, 2.05) is 0 Å². The summed E-state index contributed by atoms with van der Waals surface area (Å²) < 4.78 is 0. The Bertz CT molecular complexity index is 358. The van der Waals surface area contributed by atoms with Crippen LogP contribution in [0.15, 0.2) is 12.4 Å². The summed E-state index contributed by atoms with van der Waals surface area (Å²) in [6.45, 7) is 7.57. The fourth-order valence-electron chi connectivity index (χ4n) is 2.21. The van der Waals surface area contributed by atoms with Crippen LogP contribution in [0.2, 0.25) is 5.02 Å². The summed E-state index contributed by atoms with van der Waals surface area (Å²) in [5.41, 5.74) is 0. The van der Waals surface area contributed by atoms with Crippen LogP contribution in [0, 0.1) is 5.92 Å². The molecule has 0 radical (unpaired) electrons. The van der Waals surface area contributed by atoms with Gasteiger partial charge in [0.25, 0.3) is 0 Å². The van der Waals surface area contributed by atoms with Crippen LogP contribution in [-0.4, -0.2) is 35.6 Å². The first-order valence-electron chi connectivity index (χ1n) is 6.61. The van der Waals surface area contributed by atoms with Crippen molar-refractivity contribution in [2.75, 3.05) is 24.5 Å². The molecule has 0 spiro atoms. The molecule has 1 aromatic heterocycles. The van der Waals surface area contributed by atoms with Crippen molar-refractivity contribution in [2.45, 2.75) is 32.7 Å². The van der Waals surface area contributed by atoms with E-state index in [1.54, 1.807) is 12.4 Å². The van der Waals surface area contributed by atoms with Crippen molar-refractivity contribution in [1.29, 1.82) is 0 Å². The van der Waals surface area contributed by atoms with Gasteiger partial charge in [-0.3, -0.25) is 0 Å². The van der Waals surface area contributed by atoms with Crippen molar-refractivity contribution in [1.82, 2.24) is 15.3 Å². The lowest BCUT2D eigenvalue weighted by atomic mass is 9.97. The van der Waals surface area contributed by atoms with E-state index in [9.17, 15) is 0 Å². The van der Waals surface area contributed by atoms with Crippen molar-refractivity contribution < 1.29 is 0 Å². The highest BCUT2D eigenvalue weighted by atomic mass is 35.5. The average Bonchev–Trinajstić information content (AvgIpc) is 2.38. The van der Waals surface area contributed by atoms with E-state index >= 15 is 0 Å². The number of anilines is 1. The number of hydrogen-bond donors (Lipinski definition) is 1. The molecule has 18 heavy (non-hydrogen) atoms. The molecule has 0 atom stereocenters. The zero-order valence-electron chi connectivity index (χ0n) is 11.1. The largest absolute Gasteiger partial charge is 0.341 e. The molecule has 5 heteroatoms. The van der Waals surface area contributed by atoms with Gasteiger partial charge in [0.2, 0.25) is 5.95 Å². The summed E-state index contributed by atoms with van der Waals surface area (Å²) in [7, 11) is 0. The number of piperidine rings is 1. The van der Waals surface area contributed by atoms with Crippen LogP contribution in [0.4, 0.5) is 5.95 Å². The number of halogens is 1. The lowest BCUT2D eigenvalue weighted by Gasteiger charge is -2.32. The van der Waals surface area contributed by atoms with Crippen molar-refractivity contribution in [3.8, 4) is 0 Å². The van der Waals surface area contributed by atoms with E-state index in [-0.39, 0.29) is 0 Å². The highest BCUT2D eigenvalue weighted by Crippen LogP contribution is 2.20. The quantitative estimate of drug-likeness (QED) is 0.910. The first-order valence-corrected chi connectivity index (χ1v) is 6.99. The molecule has 4 nitrogen and oxygen atoms in total. The Morgan fingerprint density at radius 2 is 1.94 bits per heavy atom. The van der Waals surface area contributed by atoms with Crippen LogP contribution >= 0.6 is 11.6 Å². The zero-order chi connectivity index (χ0) is 13.0. The molecule has 1 aliphatic rings. The molecule has 0 amide bonds. The van der Waals surface area contributed by atoms with Crippen molar-refractivity contribution in [3.05, 3.63) is 17.4 Å². The second-order valence-electron chi connectivity index (χ2n) is 5.19. The predicted molar refractivity (Wildman–Crippen MR) is 75.1 cm³/mol. The Hall–Kier alpha value is -0.870. The maximum absolute atomic E-state index is 5.79. The van der Waals surface area contributed by atoms with Crippen LogP contribution in [0.25, 0.3) is 0 Å². The van der Waals surface area contributed by atoms with Gasteiger partial charge in [-0.1, -0.05) is 25.4 Å². The van der Waals surface area contributed by atoms with E-state index in [2.05, 4.69) is 34.0 Å². The Balaban J connectivity index is 1.81. The highest BCUT2D eigenvalue weighted by molar-refractivity contribution is 6.30. The molecule has 0 bridgehead atoms. The van der Waals surface area contributed by atoms with Gasteiger partial charge < -0.3 is 10.2 Å². The van der Waals surface area contributed by atoms with Gasteiger partial charge in [-0.2, -0.15) is 0 Å². The highest BCUT2D eigenvalue weighted by Gasteiger charge is 2.20. The van der Waals surface area contributed by atoms with Crippen molar-refractivity contribution in [2.24, 2.45) is 5.92 Å². The van der Waals surface area contributed by atoms with Gasteiger partial charge in [-0.05, 0) is 25.3 Å². The fourth-order valence-corrected chi connectivity index (χ4v) is 2.31. The SMILES string of the molecule is CC(C)NCC1CCN(c2ncc(Cl)cn2)CC1. The number of rotatable bonds is 4. The average molecular weight is 269 g/mol. The third-order valence-electron chi connectivity index (χ3n) is 3.32. The van der Waals surface area contributed by atoms with E-state index < -0.39 is 0 Å². The Morgan fingerprint density at radius 3 is 2.50 bits per heavy atom. The Morgan fingerprint density at radius 1 is 1.33 bits per heavy atom. The van der Waals surface area contributed by atoms with Gasteiger partial charge in [0.15, 0.2) is 0 Å². The molecule has 0 saturated carbocycles. The minimum Gasteiger partial charge on any atom is -0.341 e. The molecule has 2 rings (SSSR count). The second-order valence-corrected chi connectivity index (χ2v) is 5.63.